The molecule has 1 unspecified atom stereocenters. The molecule has 0 saturated carbocycles. The standard InChI is InChI=1S/C17H21NO2/c1-3-18-13(2)15-7-5-9-17(11-15)20-12-14-6-4-8-16(19)10-14/h4-11,13,18-19H,3,12H2,1-2H3. The molecule has 106 valence electrons. The summed E-state index contributed by atoms with van der Waals surface area (Å²) in [5.41, 5.74) is 2.16. The van der Waals surface area contributed by atoms with Crippen LogP contribution in [0.15, 0.2) is 48.5 Å². The number of nitrogens with one attached hydrogen (secondary N) is 1. The summed E-state index contributed by atoms with van der Waals surface area (Å²) in [5, 5.41) is 12.8. The fourth-order valence-corrected chi connectivity index (χ4v) is 2.11. The number of phenolic OH excluding ortho intramolecular Hbond substituents is 1. The van der Waals surface area contributed by atoms with Crippen LogP contribution in [0, 0.1) is 0 Å². The predicted molar refractivity (Wildman–Crippen MR) is 81.0 cm³/mol. The number of aromatic hydroxyl groups is 1. The molecule has 0 bridgehead atoms. The van der Waals surface area contributed by atoms with E-state index in [0.29, 0.717) is 12.6 Å². The molecule has 0 amide bonds. The minimum Gasteiger partial charge on any atom is -0.508 e. The van der Waals surface area contributed by atoms with Gasteiger partial charge in [0.15, 0.2) is 0 Å². The van der Waals surface area contributed by atoms with Gasteiger partial charge in [0, 0.05) is 6.04 Å². The molecule has 0 fully saturated rings. The Bertz CT molecular complexity index is 554. The van der Waals surface area contributed by atoms with Gasteiger partial charge in [-0.1, -0.05) is 31.2 Å². The first-order valence-corrected chi connectivity index (χ1v) is 6.93. The Morgan fingerprint density at radius 3 is 2.70 bits per heavy atom. The summed E-state index contributed by atoms with van der Waals surface area (Å²) in [6.45, 7) is 5.62. The first-order valence-electron chi connectivity index (χ1n) is 6.93. The molecular weight excluding hydrogens is 250 g/mol. The Hall–Kier alpha value is -2.00. The van der Waals surface area contributed by atoms with E-state index in [2.05, 4.69) is 31.3 Å². The van der Waals surface area contributed by atoms with E-state index in [9.17, 15) is 5.11 Å². The van der Waals surface area contributed by atoms with Gasteiger partial charge in [-0.25, -0.2) is 0 Å². The van der Waals surface area contributed by atoms with Gasteiger partial charge in [0.05, 0.1) is 0 Å². The summed E-state index contributed by atoms with van der Waals surface area (Å²) in [4.78, 5) is 0. The molecule has 0 aliphatic heterocycles. The average Bonchev–Trinajstić information content (AvgIpc) is 2.46. The van der Waals surface area contributed by atoms with Gasteiger partial charge in [0.1, 0.15) is 18.1 Å². The van der Waals surface area contributed by atoms with Crippen molar-refractivity contribution in [2.75, 3.05) is 6.54 Å². The Balaban J connectivity index is 2.01. The lowest BCUT2D eigenvalue weighted by atomic mass is 10.1. The van der Waals surface area contributed by atoms with Crippen molar-refractivity contribution in [1.82, 2.24) is 5.32 Å². The van der Waals surface area contributed by atoms with E-state index in [-0.39, 0.29) is 5.75 Å². The lowest BCUT2D eigenvalue weighted by Crippen LogP contribution is -2.17. The molecule has 2 aromatic carbocycles. The van der Waals surface area contributed by atoms with Crippen LogP contribution in [0.1, 0.15) is 31.0 Å². The van der Waals surface area contributed by atoms with Gasteiger partial charge in [-0.3, -0.25) is 0 Å². The van der Waals surface area contributed by atoms with Crippen LogP contribution in [0.2, 0.25) is 0 Å². The minimum absolute atomic E-state index is 0.264. The molecule has 3 heteroatoms. The first-order chi connectivity index (χ1) is 9.69. The molecule has 0 aliphatic carbocycles. The summed E-state index contributed by atoms with van der Waals surface area (Å²) >= 11 is 0. The van der Waals surface area contributed by atoms with E-state index in [1.165, 1.54) is 5.56 Å². The third-order valence-electron chi connectivity index (χ3n) is 3.18. The van der Waals surface area contributed by atoms with E-state index >= 15 is 0 Å². The van der Waals surface area contributed by atoms with Crippen molar-refractivity contribution in [2.24, 2.45) is 0 Å². The molecule has 2 rings (SSSR count). The third-order valence-corrected chi connectivity index (χ3v) is 3.18. The highest BCUT2D eigenvalue weighted by Crippen LogP contribution is 2.20. The van der Waals surface area contributed by atoms with Gasteiger partial charge >= 0.3 is 0 Å². The summed E-state index contributed by atoms with van der Waals surface area (Å²) in [6, 6.07) is 15.5. The van der Waals surface area contributed by atoms with Crippen molar-refractivity contribution in [3.05, 3.63) is 59.7 Å². The van der Waals surface area contributed by atoms with Crippen molar-refractivity contribution in [1.29, 1.82) is 0 Å². The quantitative estimate of drug-likeness (QED) is 0.842. The lowest BCUT2D eigenvalue weighted by molar-refractivity contribution is 0.305. The maximum absolute atomic E-state index is 9.42. The van der Waals surface area contributed by atoms with Crippen LogP contribution in [0.3, 0.4) is 0 Å². The van der Waals surface area contributed by atoms with E-state index < -0.39 is 0 Å². The number of hydrogen-bond donors (Lipinski definition) is 2. The molecule has 0 radical (unpaired) electrons. The molecule has 3 nitrogen and oxygen atoms in total. The molecule has 0 aliphatic rings. The zero-order chi connectivity index (χ0) is 14.4. The predicted octanol–water partition coefficient (Wildman–Crippen LogP) is 3.64. The van der Waals surface area contributed by atoms with Crippen LogP contribution >= 0.6 is 0 Å². The number of benzene rings is 2. The van der Waals surface area contributed by atoms with Gasteiger partial charge in [0.2, 0.25) is 0 Å². The zero-order valence-electron chi connectivity index (χ0n) is 12.0. The molecule has 2 N–H and O–H groups in total. The monoisotopic (exact) mass is 271 g/mol. The SMILES string of the molecule is CCNC(C)c1cccc(OCc2cccc(O)c2)c1. The fraction of sp³-hybridized carbons (Fsp3) is 0.294. The van der Waals surface area contributed by atoms with E-state index in [1.54, 1.807) is 12.1 Å². The molecule has 0 saturated heterocycles. The van der Waals surface area contributed by atoms with Crippen molar-refractivity contribution >= 4 is 0 Å². The number of ether oxygens (including phenoxy) is 1. The molecule has 1 atom stereocenters. The molecule has 2 aromatic rings. The zero-order valence-corrected chi connectivity index (χ0v) is 12.0. The van der Waals surface area contributed by atoms with E-state index in [1.807, 2.05) is 24.3 Å². The average molecular weight is 271 g/mol. The van der Waals surface area contributed by atoms with Crippen LogP contribution in [0.25, 0.3) is 0 Å². The summed E-state index contributed by atoms with van der Waals surface area (Å²) in [6.07, 6.45) is 0. The highest BCUT2D eigenvalue weighted by atomic mass is 16.5. The van der Waals surface area contributed by atoms with Gasteiger partial charge in [0.25, 0.3) is 0 Å². The van der Waals surface area contributed by atoms with Crippen LogP contribution in [-0.2, 0) is 6.61 Å². The van der Waals surface area contributed by atoms with Crippen molar-refractivity contribution in [3.63, 3.8) is 0 Å². The van der Waals surface area contributed by atoms with Crippen molar-refractivity contribution < 1.29 is 9.84 Å². The van der Waals surface area contributed by atoms with E-state index in [4.69, 9.17) is 4.74 Å². The maximum Gasteiger partial charge on any atom is 0.120 e. The highest BCUT2D eigenvalue weighted by Gasteiger charge is 2.05. The second-order valence-electron chi connectivity index (χ2n) is 4.81. The summed E-state index contributed by atoms with van der Waals surface area (Å²) < 4.78 is 5.78. The first kappa shape index (κ1) is 14.4. The second-order valence-corrected chi connectivity index (χ2v) is 4.81. The summed E-state index contributed by atoms with van der Waals surface area (Å²) in [7, 11) is 0. The molecular formula is C17H21NO2. The van der Waals surface area contributed by atoms with Gasteiger partial charge in [-0.15, -0.1) is 0 Å². The molecule has 0 aromatic heterocycles. The van der Waals surface area contributed by atoms with Crippen LogP contribution in [-0.4, -0.2) is 11.7 Å². The summed E-state index contributed by atoms with van der Waals surface area (Å²) in [5.74, 6) is 1.11. The second kappa shape index (κ2) is 6.96. The van der Waals surface area contributed by atoms with Crippen molar-refractivity contribution in [2.45, 2.75) is 26.5 Å². The van der Waals surface area contributed by atoms with Gasteiger partial charge < -0.3 is 15.2 Å². The number of phenols is 1. The Labute approximate surface area is 120 Å². The Morgan fingerprint density at radius 2 is 1.95 bits per heavy atom. The van der Waals surface area contributed by atoms with Crippen LogP contribution < -0.4 is 10.1 Å². The maximum atomic E-state index is 9.42. The normalized spacial score (nSPS) is 12.1. The number of rotatable bonds is 6. The van der Waals surface area contributed by atoms with E-state index in [0.717, 1.165) is 17.9 Å². The Morgan fingerprint density at radius 1 is 1.15 bits per heavy atom. The lowest BCUT2D eigenvalue weighted by Gasteiger charge is -2.14. The third kappa shape index (κ3) is 4.00. The topological polar surface area (TPSA) is 41.5 Å². The minimum atomic E-state index is 0.264. The van der Waals surface area contributed by atoms with Gasteiger partial charge in [-0.2, -0.15) is 0 Å². The largest absolute Gasteiger partial charge is 0.508 e. The molecule has 0 heterocycles. The molecule has 0 spiro atoms. The van der Waals surface area contributed by atoms with Crippen LogP contribution in [0.4, 0.5) is 0 Å². The highest BCUT2D eigenvalue weighted by molar-refractivity contribution is 5.31. The van der Waals surface area contributed by atoms with Gasteiger partial charge in [-0.05, 0) is 48.9 Å². The fourth-order valence-electron chi connectivity index (χ4n) is 2.11. The smallest absolute Gasteiger partial charge is 0.120 e. The van der Waals surface area contributed by atoms with Crippen LogP contribution in [0.5, 0.6) is 11.5 Å². The Kier molecular flexibility index (Phi) is 5.02. The molecule has 20 heavy (non-hydrogen) atoms. The number of hydrogen-bond acceptors (Lipinski definition) is 3. The van der Waals surface area contributed by atoms with Crippen molar-refractivity contribution in [3.8, 4) is 11.5 Å².